The highest BCUT2D eigenvalue weighted by atomic mass is 32.2. The van der Waals surface area contributed by atoms with Crippen LogP contribution >= 0.6 is 0 Å². The Kier molecular flexibility index (Phi) is 4.47. The predicted octanol–water partition coefficient (Wildman–Crippen LogP) is -0.0283. The Morgan fingerprint density at radius 1 is 1.28 bits per heavy atom. The number of hydrogen-bond acceptors (Lipinski definition) is 5. The van der Waals surface area contributed by atoms with Crippen molar-refractivity contribution >= 4 is 23.3 Å². The number of hydroxylamine groups is 2. The quantitative estimate of drug-likeness (QED) is 0.598. The molecule has 25 heavy (non-hydrogen) atoms. The van der Waals surface area contributed by atoms with Crippen LogP contribution in [0.15, 0.2) is 0 Å². The summed E-state index contributed by atoms with van der Waals surface area (Å²) >= 11 is -2.54. The van der Waals surface area contributed by atoms with Gasteiger partial charge in [-0.1, -0.05) is 0 Å². The summed E-state index contributed by atoms with van der Waals surface area (Å²) in [5, 5.41) is 7.39. The maximum atomic E-state index is 12.7. The lowest BCUT2D eigenvalue weighted by Crippen LogP contribution is -2.58. The normalized spacial score (nSPS) is 32.6. The second-order valence-electron chi connectivity index (χ2n) is 7.69. The SMILES string of the molecule is O=C(NC1CCC2(CC1)CNC2)C1CCC2CN1C(=O)N2OS(=O)O. The van der Waals surface area contributed by atoms with Crippen molar-refractivity contribution in [2.75, 3.05) is 19.6 Å². The zero-order valence-corrected chi connectivity index (χ0v) is 14.8. The van der Waals surface area contributed by atoms with Crippen LogP contribution in [0.3, 0.4) is 0 Å². The Morgan fingerprint density at radius 2 is 2.00 bits per heavy atom. The standard InChI is InChI=1S/C15H24N4O5S/c20-13(17-10-3-5-15(6-4-10)8-16-9-15)12-2-1-11-7-18(12)14(21)19(11)24-25(22)23/h10-12,16H,1-9H2,(H,17,20)(H,22,23). The Labute approximate surface area is 148 Å². The molecule has 4 rings (SSSR count). The largest absolute Gasteiger partial charge is 0.352 e. The molecular formula is C15H24N4O5S. The van der Waals surface area contributed by atoms with Crippen molar-refractivity contribution in [1.29, 1.82) is 0 Å². The molecule has 3 saturated heterocycles. The van der Waals surface area contributed by atoms with Gasteiger partial charge in [-0.15, -0.1) is 4.28 Å². The van der Waals surface area contributed by atoms with Crippen molar-refractivity contribution in [2.24, 2.45) is 5.41 Å². The fourth-order valence-corrected chi connectivity index (χ4v) is 4.90. The summed E-state index contributed by atoms with van der Waals surface area (Å²) in [7, 11) is 0. The Balaban J connectivity index is 1.34. The van der Waals surface area contributed by atoms with Crippen LogP contribution in [0.5, 0.6) is 0 Å². The van der Waals surface area contributed by atoms with E-state index in [0.717, 1.165) is 43.8 Å². The second-order valence-corrected chi connectivity index (χ2v) is 8.27. The highest BCUT2D eigenvalue weighted by molar-refractivity contribution is 7.74. The van der Waals surface area contributed by atoms with Crippen LogP contribution in [0.1, 0.15) is 38.5 Å². The van der Waals surface area contributed by atoms with E-state index >= 15 is 0 Å². The van der Waals surface area contributed by atoms with Crippen LogP contribution in [0.4, 0.5) is 4.79 Å². The summed E-state index contributed by atoms with van der Waals surface area (Å²) in [6.45, 7) is 2.53. The Hall–Kier alpha value is -1.23. The van der Waals surface area contributed by atoms with Crippen LogP contribution in [-0.2, 0) is 20.4 Å². The number of hydrogen-bond donors (Lipinski definition) is 3. The van der Waals surface area contributed by atoms with E-state index in [-0.39, 0.29) is 18.0 Å². The first-order valence-corrected chi connectivity index (χ1v) is 9.91. The molecule has 140 valence electrons. The van der Waals surface area contributed by atoms with Gasteiger partial charge in [0.25, 0.3) is 0 Å². The van der Waals surface area contributed by atoms with Crippen LogP contribution in [0.2, 0.25) is 0 Å². The van der Waals surface area contributed by atoms with Crippen molar-refractivity contribution in [1.82, 2.24) is 20.6 Å². The fraction of sp³-hybridized carbons (Fsp3) is 0.867. The van der Waals surface area contributed by atoms with Crippen molar-refractivity contribution in [3.63, 3.8) is 0 Å². The predicted molar refractivity (Wildman–Crippen MR) is 88.3 cm³/mol. The first kappa shape index (κ1) is 17.2. The molecule has 3 N–H and O–H groups in total. The number of fused-ring (bicyclic) bond motifs is 2. The molecular weight excluding hydrogens is 348 g/mol. The molecule has 3 atom stereocenters. The summed E-state index contributed by atoms with van der Waals surface area (Å²) < 4.78 is 24.4. The molecule has 3 amide bonds. The number of nitrogens with zero attached hydrogens (tertiary/aromatic N) is 2. The molecule has 0 aromatic rings. The van der Waals surface area contributed by atoms with Gasteiger partial charge in [0, 0.05) is 25.7 Å². The van der Waals surface area contributed by atoms with E-state index in [9.17, 15) is 13.8 Å². The van der Waals surface area contributed by atoms with E-state index in [1.54, 1.807) is 0 Å². The van der Waals surface area contributed by atoms with Gasteiger partial charge in [0.2, 0.25) is 5.91 Å². The van der Waals surface area contributed by atoms with Crippen LogP contribution in [0, 0.1) is 5.41 Å². The van der Waals surface area contributed by atoms with E-state index in [1.165, 1.54) is 4.90 Å². The minimum atomic E-state index is -2.54. The average Bonchev–Trinajstić information content (AvgIpc) is 2.79. The number of carbonyl (C=O) groups is 2. The van der Waals surface area contributed by atoms with E-state index < -0.39 is 23.4 Å². The molecule has 9 nitrogen and oxygen atoms in total. The number of amides is 3. The minimum Gasteiger partial charge on any atom is -0.352 e. The van der Waals surface area contributed by atoms with Gasteiger partial charge in [0.1, 0.15) is 6.04 Å². The maximum absolute atomic E-state index is 12.7. The van der Waals surface area contributed by atoms with Gasteiger partial charge >= 0.3 is 17.4 Å². The third-order valence-corrected chi connectivity index (χ3v) is 6.45. The van der Waals surface area contributed by atoms with Crippen LogP contribution in [0.25, 0.3) is 0 Å². The van der Waals surface area contributed by atoms with Gasteiger partial charge in [-0.2, -0.15) is 9.27 Å². The molecule has 10 heteroatoms. The highest BCUT2D eigenvalue weighted by Crippen LogP contribution is 2.39. The minimum absolute atomic E-state index is 0.119. The highest BCUT2D eigenvalue weighted by Gasteiger charge is 2.49. The third kappa shape index (κ3) is 3.16. The van der Waals surface area contributed by atoms with E-state index in [0.29, 0.717) is 24.8 Å². The second kappa shape index (κ2) is 6.49. The lowest BCUT2D eigenvalue weighted by molar-refractivity contribution is -0.127. The molecule has 3 unspecified atom stereocenters. The van der Waals surface area contributed by atoms with Crippen molar-refractivity contribution < 1.29 is 22.6 Å². The van der Waals surface area contributed by atoms with E-state index in [1.807, 2.05) is 0 Å². The number of carbonyl (C=O) groups excluding carboxylic acids is 2. The smallest absolute Gasteiger partial charge is 0.346 e. The van der Waals surface area contributed by atoms with Crippen LogP contribution < -0.4 is 10.6 Å². The molecule has 0 aromatic carbocycles. The summed E-state index contributed by atoms with van der Waals surface area (Å²) in [4.78, 5) is 26.5. The Bertz CT molecular complexity index is 588. The zero-order valence-electron chi connectivity index (χ0n) is 14.0. The summed E-state index contributed by atoms with van der Waals surface area (Å²) in [6, 6.07) is -1.13. The number of rotatable bonds is 4. The molecule has 0 aromatic heterocycles. The summed E-state index contributed by atoms with van der Waals surface area (Å²) in [6.07, 6.45) is 5.34. The molecule has 1 spiro atoms. The van der Waals surface area contributed by atoms with Gasteiger partial charge in [0.05, 0.1) is 6.04 Å². The van der Waals surface area contributed by atoms with E-state index in [2.05, 4.69) is 14.9 Å². The first-order chi connectivity index (χ1) is 12.0. The third-order valence-electron chi connectivity index (χ3n) is 6.16. The lowest BCUT2D eigenvalue weighted by Gasteiger charge is -2.47. The molecule has 1 aliphatic carbocycles. The summed E-state index contributed by atoms with van der Waals surface area (Å²) in [5.41, 5.74) is 0.446. The van der Waals surface area contributed by atoms with Crippen LogP contribution in [-0.4, -0.2) is 68.4 Å². The number of piperidine rings is 1. The van der Waals surface area contributed by atoms with Gasteiger partial charge in [-0.25, -0.2) is 4.79 Å². The monoisotopic (exact) mass is 372 g/mol. The number of urea groups is 1. The Morgan fingerprint density at radius 3 is 2.60 bits per heavy atom. The number of nitrogens with one attached hydrogen (secondary N) is 2. The molecule has 0 radical (unpaired) electrons. The van der Waals surface area contributed by atoms with E-state index in [4.69, 9.17) is 4.55 Å². The van der Waals surface area contributed by atoms with Gasteiger partial charge in [0.15, 0.2) is 0 Å². The lowest BCUT2D eigenvalue weighted by atomic mass is 9.68. The van der Waals surface area contributed by atoms with Gasteiger partial charge < -0.3 is 15.5 Å². The molecule has 2 bridgehead atoms. The maximum Gasteiger partial charge on any atom is 0.346 e. The molecule has 3 heterocycles. The molecule has 3 aliphatic heterocycles. The molecule has 4 aliphatic rings. The van der Waals surface area contributed by atoms with Crippen molar-refractivity contribution in [2.45, 2.75) is 56.7 Å². The zero-order chi connectivity index (χ0) is 17.6. The average molecular weight is 372 g/mol. The van der Waals surface area contributed by atoms with Crippen molar-refractivity contribution in [3.8, 4) is 0 Å². The first-order valence-electron chi connectivity index (χ1n) is 8.88. The molecule has 1 saturated carbocycles. The summed E-state index contributed by atoms with van der Waals surface area (Å²) in [5.74, 6) is -0.119. The van der Waals surface area contributed by atoms with Gasteiger partial charge in [-0.05, 0) is 43.9 Å². The topological polar surface area (TPSA) is 111 Å². The van der Waals surface area contributed by atoms with Gasteiger partial charge in [-0.3, -0.25) is 9.35 Å². The fourth-order valence-electron chi connectivity index (χ4n) is 4.58. The van der Waals surface area contributed by atoms with Crippen molar-refractivity contribution in [3.05, 3.63) is 0 Å². The molecule has 4 fully saturated rings.